The van der Waals surface area contributed by atoms with E-state index in [0.717, 1.165) is 42.3 Å². The van der Waals surface area contributed by atoms with E-state index in [1.54, 1.807) is 12.1 Å². The molecule has 2 aromatic rings. The van der Waals surface area contributed by atoms with Gasteiger partial charge in [-0.25, -0.2) is 0 Å². The van der Waals surface area contributed by atoms with Crippen LogP contribution in [0.15, 0.2) is 24.4 Å². The predicted molar refractivity (Wildman–Crippen MR) is 82.3 cm³/mol. The van der Waals surface area contributed by atoms with Crippen LogP contribution < -0.4 is 5.32 Å². The van der Waals surface area contributed by atoms with Crippen LogP contribution in [-0.2, 0) is 11.2 Å². The van der Waals surface area contributed by atoms with Crippen LogP contribution in [0.4, 0.5) is 18.9 Å². The van der Waals surface area contributed by atoms with E-state index in [9.17, 15) is 18.0 Å². The van der Waals surface area contributed by atoms with Crippen molar-refractivity contribution in [2.75, 3.05) is 18.9 Å². The summed E-state index contributed by atoms with van der Waals surface area (Å²) in [4.78, 5) is 16.5. The van der Waals surface area contributed by atoms with Crippen LogP contribution in [0.5, 0.6) is 0 Å². The van der Waals surface area contributed by atoms with Crippen molar-refractivity contribution in [2.45, 2.75) is 31.5 Å². The van der Waals surface area contributed by atoms with Gasteiger partial charge in [-0.2, -0.15) is 13.2 Å². The molecule has 2 heterocycles. The Morgan fingerprint density at radius 3 is 2.87 bits per heavy atom. The number of H-pyrrole nitrogens is 1. The monoisotopic (exact) mass is 325 g/mol. The van der Waals surface area contributed by atoms with Crippen LogP contribution >= 0.6 is 0 Å². The second kappa shape index (κ2) is 5.88. The maximum Gasteiger partial charge on any atom is 0.471 e. The molecule has 1 aliphatic rings. The molecule has 1 saturated heterocycles. The van der Waals surface area contributed by atoms with E-state index in [4.69, 9.17) is 0 Å². The number of anilines is 1. The molecular weight excluding hydrogens is 307 g/mol. The summed E-state index contributed by atoms with van der Waals surface area (Å²) in [6, 6.07) is 5.19. The summed E-state index contributed by atoms with van der Waals surface area (Å²) in [7, 11) is 2.08. The molecule has 7 heteroatoms. The second-order valence-corrected chi connectivity index (χ2v) is 6.01. The Labute approximate surface area is 131 Å². The molecule has 0 saturated carbocycles. The molecule has 1 atom stereocenters. The normalized spacial score (nSPS) is 19.4. The van der Waals surface area contributed by atoms with Gasteiger partial charge in [0.05, 0.1) is 0 Å². The highest BCUT2D eigenvalue weighted by molar-refractivity contribution is 5.97. The predicted octanol–water partition coefficient (Wildman–Crippen LogP) is 3.31. The summed E-state index contributed by atoms with van der Waals surface area (Å²) < 4.78 is 37.1. The minimum Gasteiger partial charge on any atom is -0.361 e. The highest BCUT2D eigenvalue weighted by atomic mass is 19.4. The molecule has 3 rings (SSSR count). The minimum atomic E-state index is -4.89. The van der Waals surface area contributed by atoms with Gasteiger partial charge in [0.2, 0.25) is 0 Å². The number of carbonyl (C=O) groups excluding carboxylic acids is 1. The van der Waals surface area contributed by atoms with Crippen molar-refractivity contribution in [2.24, 2.45) is 0 Å². The van der Waals surface area contributed by atoms with Crippen LogP contribution in [0.3, 0.4) is 0 Å². The van der Waals surface area contributed by atoms with Crippen molar-refractivity contribution in [3.8, 4) is 0 Å². The third-order valence-electron chi connectivity index (χ3n) is 4.41. The standard InChI is InChI=1S/C16H18F3N3O/c1-22-6-2-3-12(22)7-10-9-20-14-5-4-11(8-13(10)14)21-15(23)16(17,18)19/h4-5,8-9,12,20H,2-3,6-7H2,1H3,(H,21,23). The van der Waals surface area contributed by atoms with Crippen molar-refractivity contribution < 1.29 is 18.0 Å². The lowest BCUT2D eigenvalue weighted by molar-refractivity contribution is -0.167. The third kappa shape index (κ3) is 3.34. The number of hydrogen-bond acceptors (Lipinski definition) is 2. The van der Waals surface area contributed by atoms with Crippen molar-refractivity contribution in [3.63, 3.8) is 0 Å². The summed E-state index contributed by atoms with van der Waals surface area (Å²) >= 11 is 0. The third-order valence-corrected chi connectivity index (χ3v) is 4.41. The number of nitrogens with one attached hydrogen (secondary N) is 2. The number of amides is 1. The molecule has 4 nitrogen and oxygen atoms in total. The van der Waals surface area contributed by atoms with E-state index in [-0.39, 0.29) is 5.69 Å². The topological polar surface area (TPSA) is 48.1 Å². The highest BCUT2D eigenvalue weighted by Gasteiger charge is 2.38. The first-order valence-corrected chi connectivity index (χ1v) is 7.53. The zero-order valence-corrected chi connectivity index (χ0v) is 12.7. The Morgan fingerprint density at radius 2 is 2.22 bits per heavy atom. The number of likely N-dealkylation sites (N-methyl/N-ethyl adjacent to an activating group) is 1. The zero-order chi connectivity index (χ0) is 16.6. The number of carbonyl (C=O) groups is 1. The van der Waals surface area contributed by atoms with Gasteiger partial charge in [0.25, 0.3) is 0 Å². The van der Waals surface area contributed by atoms with Crippen LogP contribution in [0.1, 0.15) is 18.4 Å². The number of hydrogen-bond donors (Lipinski definition) is 2. The molecule has 23 heavy (non-hydrogen) atoms. The number of fused-ring (bicyclic) bond motifs is 1. The number of aromatic amines is 1. The number of aromatic nitrogens is 1. The number of likely N-dealkylation sites (tertiary alicyclic amines) is 1. The van der Waals surface area contributed by atoms with Crippen molar-refractivity contribution in [1.29, 1.82) is 0 Å². The van der Waals surface area contributed by atoms with Gasteiger partial charge in [-0.15, -0.1) is 0 Å². The lowest BCUT2D eigenvalue weighted by atomic mass is 10.0. The first kappa shape index (κ1) is 15.9. The second-order valence-electron chi connectivity index (χ2n) is 6.01. The maximum absolute atomic E-state index is 12.4. The molecule has 1 aromatic heterocycles. The molecule has 1 unspecified atom stereocenters. The average Bonchev–Trinajstić information content (AvgIpc) is 3.06. The van der Waals surface area contributed by atoms with Crippen molar-refractivity contribution in [1.82, 2.24) is 9.88 Å². The minimum absolute atomic E-state index is 0.153. The first-order chi connectivity index (χ1) is 10.8. The SMILES string of the molecule is CN1CCCC1Cc1c[nH]c2ccc(NC(=O)C(F)(F)F)cc12. The number of rotatable bonds is 3. The Hall–Kier alpha value is -2.02. The smallest absolute Gasteiger partial charge is 0.361 e. The lowest BCUT2D eigenvalue weighted by Crippen LogP contribution is -2.29. The highest BCUT2D eigenvalue weighted by Crippen LogP contribution is 2.27. The molecule has 0 spiro atoms. The van der Waals surface area contributed by atoms with E-state index in [2.05, 4.69) is 16.9 Å². The molecule has 1 fully saturated rings. The van der Waals surface area contributed by atoms with E-state index in [0.29, 0.717) is 6.04 Å². The fraction of sp³-hybridized carbons (Fsp3) is 0.438. The summed E-state index contributed by atoms with van der Waals surface area (Å²) in [5, 5.41) is 2.76. The Bertz CT molecular complexity index is 723. The molecule has 1 aromatic carbocycles. The van der Waals surface area contributed by atoms with E-state index >= 15 is 0 Å². The van der Waals surface area contributed by atoms with E-state index in [1.165, 1.54) is 6.07 Å². The fourth-order valence-electron chi connectivity index (χ4n) is 3.12. The number of halogens is 3. The summed E-state index contributed by atoms with van der Waals surface area (Å²) in [5.74, 6) is -1.95. The number of benzene rings is 1. The fourth-order valence-corrected chi connectivity index (χ4v) is 3.12. The lowest BCUT2D eigenvalue weighted by Gasteiger charge is -2.18. The van der Waals surface area contributed by atoms with Crippen LogP contribution in [0, 0.1) is 0 Å². The molecule has 1 amide bonds. The Morgan fingerprint density at radius 1 is 1.43 bits per heavy atom. The molecule has 1 aliphatic heterocycles. The van der Waals surface area contributed by atoms with Crippen LogP contribution in [-0.4, -0.2) is 41.6 Å². The molecule has 2 N–H and O–H groups in total. The zero-order valence-electron chi connectivity index (χ0n) is 12.7. The number of alkyl halides is 3. The van der Waals surface area contributed by atoms with Gasteiger partial charge in [0, 0.05) is 28.8 Å². The average molecular weight is 325 g/mol. The Kier molecular flexibility index (Phi) is 4.06. The van der Waals surface area contributed by atoms with Gasteiger partial charge in [0.15, 0.2) is 0 Å². The largest absolute Gasteiger partial charge is 0.471 e. The van der Waals surface area contributed by atoms with Gasteiger partial charge >= 0.3 is 12.1 Å². The maximum atomic E-state index is 12.4. The van der Waals surface area contributed by atoms with Gasteiger partial charge in [-0.3, -0.25) is 4.79 Å². The van der Waals surface area contributed by atoms with Gasteiger partial charge < -0.3 is 15.2 Å². The first-order valence-electron chi connectivity index (χ1n) is 7.53. The molecule has 124 valence electrons. The van der Waals surface area contributed by atoms with E-state index in [1.807, 2.05) is 11.5 Å². The molecule has 0 radical (unpaired) electrons. The summed E-state index contributed by atoms with van der Waals surface area (Å²) in [6.07, 6.45) is 0.131. The molecular formula is C16H18F3N3O. The van der Waals surface area contributed by atoms with Crippen molar-refractivity contribution in [3.05, 3.63) is 30.0 Å². The molecule has 0 aliphatic carbocycles. The summed E-state index contributed by atoms with van der Waals surface area (Å²) in [5.41, 5.74) is 2.06. The summed E-state index contributed by atoms with van der Waals surface area (Å²) in [6.45, 7) is 1.07. The Balaban J connectivity index is 1.83. The van der Waals surface area contributed by atoms with Gasteiger partial charge in [-0.05, 0) is 56.6 Å². The van der Waals surface area contributed by atoms with Gasteiger partial charge in [-0.1, -0.05) is 0 Å². The van der Waals surface area contributed by atoms with E-state index < -0.39 is 12.1 Å². The van der Waals surface area contributed by atoms with Gasteiger partial charge in [0.1, 0.15) is 0 Å². The number of nitrogens with zero attached hydrogens (tertiary/aromatic N) is 1. The molecule has 0 bridgehead atoms. The van der Waals surface area contributed by atoms with Crippen LogP contribution in [0.25, 0.3) is 10.9 Å². The van der Waals surface area contributed by atoms with Crippen molar-refractivity contribution >= 4 is 22.5 Å². The quantitative estimate of drug-likeness (QED) is 0.909. The van der Waals surface area contributed by atoms with Crippen LogP contribution in [0.2, 0.25) is 0 Å².